The van der Waals surface area contributed by atoms with Crippen molar-refractivity contribution in [3.8, 4) is 16.8 Å². The topological polar surface area (TPSA) is 87.1 Å². The quantitative estimate of drug-likeness (QED) is 0.227. The Kier molecular flexibility index (Phi) is 6.85. The number of halogens is 2. The Hall–Kier alpha value is -4.50. The third-order valence-electron chi connectivity index (χ3n) is 9.45. The van der Waals surface area contributed by atoms with Gasteiger partial charge in [-0.15, -0.1) is 0 Å². The molecular formula is C35H34ClFN6O2. The van der Waals surface area contributed by atoms with E-state index in [1.807, 2.05) is 52.8 Å². The van der Waals surface area contributed by atoms with E-state index in [1.165, 1.54) is 12.1 Å². The Bertz CT molecular complexity index is 2130. The van der Waals surface area contributed by atoms with Crippen LogP contribution in [0.1, 0.15) is 49.1 Å². The first-order valence-electron chi connectivity index (χ1n) is 15.2. The molecule has 0 saturated carbocycles. The number of aryl methyl sites for hydroxylation is 2. The molecule has 1 saturated heterocycles. The molecule has 2 aromatic carbocycles. The van der Waals surface area contributed by atoms with Crippen LogP contribution in [0.5, 0.6) is 0 Å². The molecular weight excluding hydrogens is 591 g/mol. The molecule has 2 atom stereocenters. The molecule has 3 aromatic heterocycles. The summed E-state index contributed by atoms with van der Waals surface area (Å²) in [5, 5.41) is 8.62. The molecule has 8 nitrogen and oxygen atoms in total. The molecule has 0 aliphatic carbocycles. The Morgan fingerprint density at radius 2 is 1.91 bits per heavy atom. The van der Waals surface area contributed by atoms with Gasteiger partial charge in [0.25, 0.3) is 5.56 Å². The van der Waals surface area contributed by atoms with Gasteiger partial charge in [0.1, 0.15) is 5.82 Å². The summed E-state index contributed by atoms with van der Waals surface area (Å²) in [6, 6.07) is 6.94. The Morgan fingerprint density at radius 1 is 1.13 bits per heavy atom. The van der Waals surface area contributed by atoms with E-state index in [2.05, 4.69) is 21.7 Å². The van der Waals surface area contributed by atoms with Gasteiger partial charge in [0, 0.05) is 59.2 Å². The lowest BCUT2D eigenvalue weighted by molar-refractivity contribution is -0.128. The zero-order valence-electron chi connectivity index (χ0n) is 25.9. The molecule has 0 bridgehead atoms. The summed E-state index contributed by atoms with van der Waals surface area (Å²) in [5.41, 5.74) is 6.20. The van der Waals surface area contributed by atoms with E-state index in [0.717, 1.165) is 27.7 Å². The molecule has 10 heteroatoms. The van der Waals surface area contributed by atoms with Gasteiger partial charge in [-0.2, -0.15) is 5.10 Å². The summed E-state index contributed by atoms with van der Waals surface area (Å²) in [7, 11) is 0. The van der Waals surface area contributed by atoms with Gasteiger partial charge in [-0.1, -0.05) is 38.1 Å². The van der Waals surface area contributed by atoms with Crippen LogP contribution in [0, 0.1) is 19.7 Å². The van der Waals surface area contributed by atoms with Crippen LogP contribution < -0.4 is 10.5 Å². The number of benzene rings is 2. The van der Waals surface area contributed by atoms with Gasteiger partial charge in [0.15, 0.2) is 0 Å². The van der Waals surface area contributed by atoms with Gasteiger partial charge in [0.2, 0.25) is 5.91 Å². The average molecular weight is 625 g/mol. The smallest absolute Gasteiger partial charge is 0.261 e. The number of aromatic amines is 1. The molecule has 5 aromatic rings. The van der Waals surface area contributed by atoms with Crippen LogP contribution in [0.2, 0.25) is 5.02 Å². The second-order valence-corrected chi connectivity index (χ2v) is 12.9. The first-order valence-corrected chi connectivity index (χ1v) is 15.6. The van der Waals surface area contributed by atoms with Crippen molar-refractivity contribution in [1.82, 2.24) is 24.6 Å². The summed E-state index contributed by atoms with van der Waals surface area (Å²) >= 11 is 7.39. The normalized spacial score (nSPS) is 17.8. The summed E-state index contributed by atoms with van der Waals surface area (Å²) < 4.78 is 18.4. The van der Waals surface area contributed by atoms with Gasteiger partial charge in [-0.05, 0) is 62.1 Å². The molecule has 1 amide bonds. The van der Waals surface area contributed by atoms with Crippen molar-refractivity contribution < 1.29 is 9.18 Å². The number of nitrogens with zero attached hydrogens (tertiary/aromatic N) is 5. The number of aromatic nitrogens is 4. The monoisotopic (exact) mass is 624 g/mol. The van der Waals surface area contributed by atoms with Crippen LogP contribution in [0.15, 0.2) is 54.1 Å². The lowest BCUT2D eigenvalue weighted by Crippen LogP contribution is -2.57. The number of piperazine rings is 1. The Morgan fingerprint density at radius 3 is 2.64 bits per heavy atom. The van der Waals surface area contributed by atoms with Crippen molar-refractivity contribution in [2.45, 2.75) is 59.0 Å². The number of carbonyl (C=O) groups is 1. The second-order valence-electron chi connectivity index (χ2n) is 12.6. The molecule has 1 N–H and O–H groups in total. The summed E-state index contributed by atoms with van der Waals surface area (Å²) in [5.74, 6) is -0.627. The number of pyridine rings is 2. The van der Waals surface area contributed by atoms with Gasteiger partial charge in [0.05, 0.1) is 45.4 Å². The maximum absolute atomic E-state index is 16.7. The SMILES string of the molecule is C=CC(=O)N1CC2Cc3c(c4cc(F)c(-c5c(C)ccc6[nH]ncc56)c(Cl)c4n(-c4c(C)ccnc4C(C)C)c3=O)N2CC1C. The number of amides is 1. The van der Waals surface area contributed by atoms with Crippen LogP contribution in [0.25, 0.3) is 38.6 Å². The average Bonchev–Trinajstić information content (AvgIpc) is 3.63. The van der Waals surface area contributed by atoms with E-state index in [4.69, 9.17) is 16.6 Å². The maximum Gasteiger partial charge on any atom is 0.261 e. The molecule has 45 heavy (non-hydrogen) atoms. The van der Waals surface area contributed by atoms with Gasteiger partial charge >= 0.3 is 0 Å². The standard InChI is InChI=1S/C35H34ClFN6O2/c1-7-27(44)41-16-21-12-23-33(42(21)15-20(41)6)22-13-25(37)29(28-18(4)8-9-26-24(28)14-39-40-26)30(36)34(22)43(35(23)45)32-19(5)10-11-38-31(32)17(2)3/h7-11,13-14,17,20-21H,1,12,15-16H2,2-6H3,(H,39,40). The van der Waals surface area contributed by atoms with Crippen LogP contribution in [0.3, 0.4) is 0 Å². The largest absolute Gasteiger partial charge is 0.363 e. The zero-order valence-corrected chi connectivity index (χ0v) is 26.7. The van der Waals surface area contributed by atoms with Crippen molar-refractivity contribution in [2.24, 2.45) is 0 Å². The molecule has 2 aliphatic heterocycles. The molecule has 7 rings (SSSR count). The molecule has 1 fully saturated rings. The highest BCUT2D eigenvalue weighted by molar-refractivity contribution is 6.39. The summed E-state index contributed by atoms with van der Waals surface area (Å²) in [6.45, 7) is 14.5. The van der Waals surface area contributed by atoms with E-state index in [1.54, 1.807) is 21.9 Å². The number of fused-ring (bicyclic) bond motifs is 6. The van der Waals surface area contributed by atoms with E-state index < -0.39 is 5.82 Å². The van der Waals surface area contributed by atoms with E-state index >= 15 is 4.39 Å². The van der Waals surface area contributed by atoms with Crippen LogP contribution in [-0.4, -0.2) is 55.7 Å². The minimum absolute atomic E-state index is 0.00127. The molecule has 2 unspecified atom stereocenters. The lowest BCUT2D eigenvalue weighted by atomic mass is 9.94. The highest BCUT2D eigenvalue weighted by atomic mass is 35.5. The number of rotatable bonds is 4. The fourth-order valence-electron chi connectivity index (χ4n) is 7.35. The zero-order chi connectivity index (χ0) is 31.9. The minimum atomic E-state index is -0.485. The number of hydrogen-bond acceptors (Lipinski definition) is 5. The van der Waals surface area contributed by atoms with Crippen LogP contribution >= 0.6 is 11.6 Å². The van der Waals surface area contributed by atoms with Crippen molar-refractivity contribution in [3.63, 3.8) is 0 Å². The predicted octanol–water partition coefficient (Wildman–Crippen LogP) is 6.61. The first kappa shape index (κ1) is 29.2. The molecule has 230 valence electrons. The number of hydrogen-bond donors (Lipinski definition) is 1. The van der Waals surface area contributed by atoms with Crippen molar-refractivity contribution in [3.05, 3.63) is 92.9 Å². The van der Waals surface area contributed by atoms with E-state index in [9.17, 15) is 9.59 Å². The van der Waals surface area contributed by atoms with E-state index in [-0.39, 0.29) is 40.1 Å². The molecule has 5 heterocycles. The lowest BCUT2D eigenvalue weighted by Gasteiger charge is -2.43. The van der Waals surface area contributed by atoms with Crippen molar-refractivity contribution in [1.29, 1.82) is 0 Å². The van der Waals surface area contributed by atoms with Gasteiger partial charge < -0.3 is 9.80 Å². The third-order valence-corrected chi connectivity index (χ3v) is 9.82. The first-order chi connectivity index (χ1) is 21.5. The summed E-state index contributed by atoms with van der Waals surface area (Å²) in [6.07, 6.45) is 5.17. The summed E-state index contributed by atoms with van der Waals surface area (Å²) in [4.78, 5) is 36.2. The Labute approximate surface area is 265 Å². The second kappa shape index (κ2) is 10.5. The number of nitrogens with one attached hydrogen (secondary N) is 1. The van der Waals surface area contributed by atoms with Crippen molar-refractivity contribution >= 4 is 45.0 Å². The fourth-order valence-corrected chi connectivity index (χ4v) is 7.72. The minimum Gasteiger partial charge on any atom is -0.363 e. The van der Waals surface area contributed by atoms with Crippen LogP contribution in [-0.2, 0) is 11.2 Å². The highest BCUT2D eigenvalue weighted by Gasteiger charge is 2.42. The number of carbonyl (C=O) groups excluding carboxylic acids is 1. The van der Waals surface area contributed by atoms with Crippen molar-refractivity contribution in [2.75, 3.05) is 18.0 Å². The van der Waals surface area contributed by atoms with E-state index in [0.29, 0.717) is 52.9 Å². The third kappa shape index (κ3) is 4.24. The Balaban J connectivity index is 1.61. The molecule has 2 aliphatic rings. The highest BCUT2D eigenvalue weighted by Crippen LogP contribution is 2.47. The number of H-pyrrole nitrogens is 1. The van der Waals surface area contributed by atoms with Gasteiger partial charge in [-0.3, -0.25) is 24.2 Å². The maximum atomic E-state index is 16.7. The molecule has 0 radical (unpaired) electrons. The number of anilines is 1. The van der Waals surface area contributed by atoms with Gasteiger partial charge in [-0.25, -0.2) is 4.39 Å². The fraction of sp³-hybridized carbons (Fsp3) is 0.314. The predicted molar refractivity (Wildman–Crippen MR) is 177 cm³/mol. The molecule has 0 spiro atoms. The van der Waals surface area contributed by atoms with Crippen LogP contribution in [0.4, 0.5) is 10.1 Å².